The van der Waals surface area contributed by atoms with Crippen LogP contribution in [0.5, 0.6) is 0 Å². The van der Waals surface area contributed by atoms with Crippen LogP contribution in [0, 0.1) is 11.8 Å². The maximum absolute atomic E-state index is 3.66. The number of rotatable bonds is 7. The summed E-state index contributed by atoms with van der Waals surface area (Å²) in [5, 5.41) is 7.32. The topological polar surface area (TPSA) is 24.1 Å². The molecular formula is C14H32N2. The van der Waals surface area contributed by atoms with E-state index in [0.29, 0.717) is 36.0 Å². The Labute approximate surface area is 103 Å². The minimum absolute atomic E-state index is 0.513. The minimum atomic E-state index is 0.513. The van der Waals surface area contributed by atoms with Crippen molar-refractivity contribution in [2.45, 2.75) is 79.6 Å². The molecule has 4 atom stereocenters. The second-order valence-electron chi connectivity index (χ2n) is 5.98. The highest BCUT2D eigenvalue weighted by Crippen LogP contribution is 2.06. The predicted octanol–water partition coefficient (Wildman–Crippen LogP) is 3.03. The zero-order valence-electron chi connectivity index (χ0n) is 12.5. The van der Waals surface area contributed by atoms with Gasteiger partial charge in [-0.25, -0.2) is 0 Å². The highest BCUT2D eigenvalue weighted by Gasteiger charge is 2.18. The fourth-order valence-corrected chi connectivity index (χ4v) is 1.50. The molecule has 0 aromatic heterocycles. The lowest BCUT2D eigenvalue weighted by molar-refractivity contribution is 0.298. The molecule has 0 aromatic rings. The lowest BCUT2D eigenvalue weighted by Gasteiger charge is -2.31. The number of hydrogen-bond donors (Lipinski definition) is 2. The fraction of sp³-hybridized carbons (Fsp3) is 1.00. The Morgan fingerprint density at radius 2 is 0.688 bits per heavy atom. The largest absolute Gasteiger partial charge is 0.310 e. The van der Waals surface area contributed by atoms with E-state index in [4.69, 9.17) is 0 Å². The number of hydrogen-bond acceptors (Lipinski definition) is 2. The number of nitrogens with one attached hydrogen (secondary N) is 2. The van der Waals surface area contributed by atoms with Gasteiger partial charge in [0.15, 0.2) is 0 Å². The summed E-state index contributed by atoms with van der Waals surface area (Å²) in [5.41, 5.74) is 0. The van der Waals surface area contributed by atoms with E-state index < -0.39 is 0 Å². The summed E-state index contributed by atoms with van der Waals surface area (Å²) < 4.78 is 0. The molecule has 0 spiro atoms. The van der Waals surface area contributed by atoms with Crippen LogP contribution >= 0.6 is 0 Å². The monoisotopic (exact) mass is 228 g/mol. The maximum Gasteiger partial charge on any atom is 0.0192 e. The first-order chi connectivity index (χ1) is 7.25. The minimum Gasteiger partial charge on any atom is -0.310 e. The molecule has 0 saturated carbocycles. The fourth-order valence-electron chi connectivity index (χ4n) is 1.50. The Balaban J connectivity index is 4.03. The van der Waals surface area contributed by atoms with Crippen molar-refractivity contribution in [3.8, 4) is 0 Å². The van der Waals surface area contributed by atoms with Crippen molar-refractivity contribution in [2.75, 3.05) is 0 Å². The molecule has 2 N–H and O–H groups in total. The van der Waals surface area contributed by atoms with E-state index in [-0.39, 0.29) is 0 Å². The summed E-state index contributed by atoms with van der Waals surface area (Å²) in [6.45, 7) is 18.1. The third-order valence-corrected chi connectivity index (χ3v) is 3.80. The predicted molar refractivity (Wildman–Crippen MR) is 73.8 cm³/mol. The van der Waals surface area contributed by atoms with E-state index in [1.807, 2.05) is 0 Å². The van der Waals surface area contributed by atoms with Crippen molar-refractivity contribution in [1.29, 1.82) is 0 Å². The quantitative estimate of drug-likeness (QED) is 0.700. The average Bonchev–Trinajstić information content (AvgIpc) is 2.16. The van der Waals surface area contributed by atoms with Crippen LogP contribution in [0.15, 0.2) is 0 Å². The van der Waals surface area contributed by atoms with Gasteiger partial charge in [-0.1, -0.05) is 27.7 Å². The van der Waals surface area contributed by atoms with Crippen LogP contribution in [-0.2, 0) is 0 Å². The molecule has 0 saturated heterocycles. The van der Waals surface area contributed by atoms with Gasteiger partial charge in [-0.15, -0.1) is 0 Å². The van der Waals surface area contributed by atoms with Crippen LogP contribution in [0.25, 0.3) is 0 Å². The van der Waals surface area contributed by atoms with Crippen LogP contribution in [0.1, 0.15) is 55.4 Å². The molecule has 16 heavy (non-hydrogen) atoms. The van der Waals surface area contributed by atoms with Crippen LogP contribution in [0.4, 0.5) is 0 Å². The van der Waals surface area contributed by atoms with Crippen molar-refractivity contribution in [1.82, 2.24) is 10.6 Å². The average molecular weight is 228 g/mol. The molecule has 2 heteroatoms. The molecule has 0 amide bonds. The third kappa shape index (κ3) is 5.86. The summed E-state index contributed by atoms with van der Waals surface area (Å²) in [7, 11) is 0. The molecule has 0 aromatic carbocycles. The zero-order chi connectivity index (χ0) is 12.9. The second kappa shape index (κ2) is 7.29. The molecule has 3 unspecified atom stereocenters. The van der Waals surface area contributed by atoms with Crippen LogP contribution in [-0.4, -0.2) is 24.2 Å². The molecule has 0 rings (SSSR count). The van der Waals surface area contributed by atoms with Crippen LogP contribution in [0.3, 0.4) is 0 Å². The Bertz CT molecular complexity index is 158. The van der Waals surface area contributed by atoms with Gasteiger partial charge in [-0.3, -0.25) is 0 Å². The second-order valence-corrected chi connectivity index (χ2v) is 5.98. The van der Waals surface area contributed by atoms with Crippen molar-refractivity contribution >= 4 is 0 Å². The Morgan fingerprint density at radius 3 is 0.875 bits per heavy atom. The maximum atomic E-state index is 3.66. The van der Waals surface area contributed by atoms with Gasteiger partial charge >= 0.3 is 0 Å². The SMILES string of the molecule is CC(C)C(C)NC(C)C(C)N[C@H](C)C(C)C. The van der Waals surface area contributed by atoms with E-state index in [1.165, 1.54) is 0 Å². The van der Waals surface area contributed by atoms with Gasteiger partial charge in [0.1, 0.15) is 0 Å². The first-order valence-corrected chi connectivity index (χ1v) is 6.77. The molecule has 0 radical (unpaired) electrons. The van der Waals surface area contributed by atoms with Crippen molar-refractivity contribution in [3.63, 3.8) is 0 Å². The van der Waals surface area contributed by atoms with Gasteiger partial charge in [0.25, 0.3) is 0 Å². The third-order valence-electron chi connectivity index (χ3n) is 3.80. The van der Waals surface area contributed by atoms with Crippen LogP contribution < -0.4 is 10.6 Å². The molecule has 98 valence electrons. The molecule has 0 aliphatic carbocycles. The molecule has 0 bridgehead atoms. The summed E-state index contributed by atoms with van der Waals surface area (Å²) >= 11 is 0. The van der Waals surface area contributed by atoms with E-state index in [0.717, 1.165) is 0 Å². The first kappa shape index (κ1) is 15.9. The highest BCUT2D eigenvalue weighted by molar-refractivity contribution is 4.81. The van der Waals surface area contributed by atoms with Crippen molar-refractivity contribution < 1.29 is 0 Å². The summed E-state index contributed by atoms with van der Waals surface area (Å²) in [4.78, 5) is 0. The van der Waals surface area contributed by atoms with Gasteiger partial charge in [-0.05, 0) is 39.5 Å². The molecule has 0 aliphatic heterocycles. The molecule has 0 fully saturated rings. The highest BCUT2D eigenvalue weighted by atomic mass is 15.0. The Morgan fingerprint density at radius 1 is 0.438 bits per heavy atom. The van der Waals surface area contributed by atoms with Gasteiger partial charge < -0.3 is 10.6 Å². The van der Waals surface area contributed by atoms with Crippen LogP contribution in [0.2, 0.25) is 0 Å². The molecule has 0 aliphatic rings. The lowest BCUT2D eigenvalue weighted by atomic mass is 10.0. The smallest absolute Gasteiger partial charge is 0.0192 e. The van der Waals surface area contributed by atoms with Gasteiger partial charge in [0.2, 0.25) is 0 Å². The first-order valence-electron chi connectivity index (χ1n) is 6.77. The van der Waals surface area contributed by atoms with Crippen molar-refractivity contribution in [3.05, 3.63) is 0 Å². The summed E-state index contributed by atoms with van der Waals surface area (Å²) in [6, 6.07) is 2.18. The van der Waals surface area contributed by atoms with E-state index in [9.17, 15) is 0 Å². The Kier molecular flexibility index (Phi) is 7.25. The van der Waals surface area contributed by atoms with E-state index >= 15 is 0 Å². The van der Waals surface area contributed by atoms with Gasteiger partial charge in [-0.2, -0.15) is 0 Å². The lowest BCUT2D eigenvalue weighted by Crippen LogP contribution is -2.51. The summed E-state index contributed by atoms with van der Waals surface area (Å²) in [6.07, 6.45) is 0. The Hall–Kier alpha value is -0.0800. The van der Waals surface area contributed by atoms with Gasteiger partial charge in [0.05, 0.1) is 0 Å². The van der Waals surface area contributed by atoms with Crippen molar-refractivity contribution in [2.24, 2.45) is 11.8 Å². The standard InChI is InChI=1S/C14H32N2/c1-9(2)11(5)15-13(7)14(8)16-12(6)10(3)4/h9-16H,1-8H3/t11-,12?,13?,14?/m1/s1. The molecule has 2 nitrogen and oxygen atoms in total. The van der Waals surface area contributed by atoms with E-state index in [1.54, 1.807) is 0 Å². The summed E-state index contributed by atoms with van der Waals surface area (Å²) in [5.74, 6) is 1.38. The normalized spacial score (nSPS) is 19.9. The van der Waals surface area contributed by atoms with Gasteiger partial charge in [0, 0.05) is 24.2 Å². The molecule has 0 heterocycles. The molecular weight excluding hydrogens is 196 g/mol. The van der Waals surface area contributed by atoms with E-state index in [2.05, 4.69) is 66.0 Å². The zero-order valence-corrected chi connectivity index (χ0v) is 12.5.